The highest BCUT2D eigenvalue weighted by atomic mass is 35.5. The Morgan fingerprint density at radius 1 is 1.20 bits per heavy atom. The fraction of sp³-hybridized carbons (Fsp3) is 0.533. The average molecular weight is 337 g/mol. The molecule has 1 amide bonds. The first-order chi connectivity index (χ1) is 9.51. The van der Waals surface area contributed by atoms with Crippen LogP contribution in [0.5, 0.6) is 0 Å². The molecule has 5 heteroatoms. The van der Waals surface area contributed by atoms with Crippen molar-refractivity contribution in [3.8, 4) is 0 Å². The summed E-state index contributed by atoms with van der Waals surface area (Å²) in [5, 5.41) is 3.76. The van der Waals surface area contributed by atoms with Gasteiger partial charge in [0.1, 0.15) is 0 Å². The molecule has 0 radical (unpaired) electrons. The van der Waals surface area contributed by atoms with Gasteiger partial charge in [0, 0.05) is 6.54 Å². The maximum atomic E-state index is 12.2. The second-order valence-corrected chi connectivity index (χ2v) is 6.04. The van der Waals surface area contributed by atoms with Crippen molar-refractivity contribution >= 4 is 40.7 Å². The number of rotatable bonds is 7. The molecule has 0 saturated carbocycles. The van der Waals surface area contributed by atoms with Crippen LogP contribution in [-0.4, -0.2) is 12.5 Å². The van der Waals surface area contributed by atoms with E-state index in [4.69, 9.17) is 34.8 Å². The average Bonchev–Trinajstić information content (AvgIpc) is 2.43. The molecule has 1 N–H and O–H groups in total. The number of unbranched alkanes of at least 4 members (excludes halogenated alkanes) is 1. The van der Waals surface area contributed by atoms with Gasteiger partial charge < -0.3 is 5.32 Å². The van der Waals surface area contributed by atoms with E-state index < -0.39 is 0 Å². The third-order valence-electron chi connectivity index (χ3n) is 3.37. The minimum Gasteiger partial charge on any atom is -0.352 e. The van der Waals surface area contributed by atoms with Crippen molar-refractivity contribution in [2.24, 2.45) is 5.92 Å². The SMILES string of the molecule is CCCCC(CC)CNC(=O)c1c(Cl)ccc(Cl)c1Cl. The minimum atomic E-state index is -0.266. The number of benzene rings is 1. The van der Waals surface area contributed by atoms with Gasteiger partial charge in [0.05, 0.1) is 20.6 Å². The fourth-order valence-corrected chi connectivity index (χ4v) is 2.70. The predicted molar refractivity (Wildman–Crippen MR) is 87.1 cm³/mol. The molecule has 0 aliphatic carbocycles. The Kier molecular flexibility index (Phi) is 7.71. The Hall–Kier alpha value is -0.440. The van der Waals surface area contributed by atoms with Crippen LogP contribution in [0, 0.1) is 5.92 Å². The molecule has 0 saturated heterocycles. The van der Waals surface area contributed by atoms with E-state index >= 15 is 0 Å². The summed E-state index contributed by atoms with van der Waals surface area (Å²) in [4.78, 5) is 12.2. The molecular formula is C15H20Cl3NO. The molecule has 0 aliphatic rings. The molecule has 1 aromatic carbocycles. The van der Waals surface area contributed by atoms with E-state index in [-0.39, 0.29) is 16.5 Å². The van der Waals surface area contributed by atoms with Gasteiger partial charge >= 0.3 is 0 Å². The maximum Gasteiger partial charge on any atom is 0.254 e. The Morgan fingerprint density at radius 2 is 1.85 bits per heavy atom. The Balaban J connectivity index is 2.70. The first-order valence-electron chi connectivity index (χ1n) is 6.92. The number of nitrogens with one attached hydrogen (secondary N) is 1. The molecule has 0 bridgehead atoms. The van der Waals surface area contributed by atoms with Gasteiger partial charge in [-0.05, 0) is 24.5 Å². The van der Waals surface area contributed by atoms with E-state index in [9.17, 15) is 4.79 Å². The van der Waals surface area contributed by atoms with Crippen molar-refractivity contribution in [3.05, 3.63) is 32.8 Å². The van der Waals surface area contributed by atoms with Crippen LogP contribution >= 0.6 is 34.8 Å². The summed E-state index contributed by atoms with van der Waals surface area (Å²) >= 11 is 18.0. The highest BCUT2D eigenvalue weighted by Crippen LogP contribution is 2.31. The second kappa shape index (κ2) is 8.76. The standard InChI is InChI=1S/C15H20Cl3NO/c1-3-5-6-10(4-2)9-19-15(20)13-11(16)7-8-12(17)14(13)18/h7-8,10H,3-6,9H2,1-2H3,(H,19,20). The van der Waals surface area contributed by atoms with Gasteiger partial charge in [-0.1, -0.05) is 67.9 Å². The summed E-state index contributed by atoms with van der Waals surface area (Å²) in [6, 6.07) is 3.16. The number of amides is 1. The lowest BCUT2D eigenvalue weighted by Crippen LogP contribution is -2.29. The van der Waals surface area contributed by atoms with Crippen LogP contribution in [0.1, 0.15) is 49.9 Å². The lowest BCUT2D eigenvalue weighted by atomic mass is 9.99. The molecule has 0 aliphatic heterocycles. The third kappa shape index (κ3) is 4.83. The van der Waals surface area contributed by atoms with E-state index in [2.05, 4.69) is 19.2 Å². The minimum absolute atomic E-state index is 0.207. The van der Waals surface area contributed by atoms with Crippen LogP contribution in [0.25, 0.3) is 0 Å². The van der Waals surface area contributed by atoms with Crippen molar-refractivity contribution in [2.75, 3.05) is 6.54 Å². The zero-order chi connectivity index (χ0) is 15.1. The quantitative estimate of drug-likeness (QED) is 0.646. The van der Waals surface area contributed by atoms with Crippen LogP contribution < -0.4 is 5.32 Å². The first-order valence-corrected chi connectivity index (χ1v) is 8.06. The van der Waals surface area contributed by atoms with Crippen LogP contribution in [0.15, 0.2) is 12.1 Å². The molecule has 0 aromatic heterocycles. The van der Waals surface area contributed by atoms with E-state index in [1.807, 2.05) is 0 Å². The molecule has 0 heterocycles. The van der Waals surface area contributed by atoms with Crippen LogP contribution in [0.3, 0.4) is 0 Å². The van der Waals surface area contributed by atoms with E-state index in [0.717, 1.165) is 19.3 Å². The molecule has 1 aromatic rings. The Labute approximate surface area is 135 Å². The second-order valence-electron chi connectivity index (χ2n) is 4.84. The molecule has 0 spiro atoms. The summed E-state index contributed by atoms with van der Waals surface area (Å²) in [6.45, 7) is 4.93. The summed E-state index contributed by atoms with van der Waals surface area (Å²) in [7, 11) is 0. The number of hydrogen-bond donors (Lipinski definition) is 1. The smallest absolute Gasteiger partial charge is 0.254 e. The van der Waals surface area contributed by atoms with E-state index in [1.165, 1.54) is 6.42 Å². The summed E-state index contributed by atoms with van der Waals surface area (Å²) < 4.78 is 0. The lowest BCUT2D eigenvalue weighted by Gasteiger charge is -2.16. The van der Waals surface area contributed by atoms with Gasteiger partial charge in [-0.2, -0.15) is 0 Å². The molecule has 2 nitrogen and oxygen atoms in total. The van der Waals surface area contributed by atoms with Crippen molar-refractivity contribution < 1.29 is 4.79 Å². The lowest BCUT2D eigenvalue weighted by molar-refractivity contribution is 0.0946. The topological polar surface area (TPSA) is 29.1 Å². The van der Waals surface area contributed by atoms with Gasteiger partial charge in [0.15, 0.2) is 0 Å². The Morgan fingerprint density at radius 3 is 2.45 bits per heavy atom. The van der Waals surface area contributed by atoms with Crippen molar-refractivity contribution in [2.45, 2.75) is 39.5 Å². The highest BCUT2D eigenvalue weighted by Gasteiger charge is 2.18. The molecule has 112 valence electrons. The van der Waals surface area contributed by atoms with Crippen LogP contribution in [0.2, 0.25) is 15.1 Å². The van der Waals surface area contributed by atoms with Gasteiger partial charge in [0.2, 0.25) is 0 Å². The number of carbonyl (C=O) groups is 1. The number of hydrogen-bond acceptors (Lipinski definition) is 1. The summed E-state index contributed by atoms with van der Waals surface area (Å²) in [5.74, 6) is 0.216. The summed E-state index contributed by atoms with van der Waals surface area (Å²) in [6.07, 6.45) is 4.49. The van der Waals surface area contributed by atoms with Gasteiger partial charge in [-0.3, -0.25) is 4.79 Å². The monoisotopic (exact) mass is 335 g/mol. The van der Waals surface area contributed by atoms with Gasteiger partial charge in [-0.25, -0.2) is 0 Å². The predicted octanol–water partition coefficient (Wildman–Crippen LogP) is 5.59. The molecule has 0 fully saturated rings. The zero-order valence-electron chi connectivity index (χ0n) is 11.8. The normalized spacial score (nSPS) is 12.2. The molecule has 1 rings (SSSR count). The molecule has 1 unspecified atom stereocenters. The van der Waals surface area contributed by atoms with Crippen LogP contribution in [0.4, 0.5) is 0 Å². The van der Waals surface area contributed by atoms with Gasteiger partial charge in [0.25, 0.3) is 5.91 Å². The van der Waals surface area contributed by atoms with Crippen LogP contribution in [-0.2, 0) is 0 Å². The van der Waals surface area contributed by atoms with Crippen molar-refractivity contribution in [1.29, 1.82) is 0 Å². The zero-order valence-corrected chi connectivity index (χ0v) is 14.1. The fourth-order valence-electron chi connectivity index (χ4n) is 2.00. The van der Waals surface area contributed by atoms with E-state index in [0.29, 0.717) is 22.5 Å². The number of carbonyl (C=O) groups excluding carboxylic acids is 1. The first kappa shape index (κ1) is 17.6. The maximum absolute atomic E-state index is 12.2. The Bertz CT molecular complexity index is 463. The van der Waals surface area contributed by atoms with E-state index in [1.54, 1.807) is 12.1 Å². The van der Waals surface area contributed by atoms with Crippen molar-refractivity contribution in [1.82, 2.24) is 5.32 Å². The van der Waals surface area contributed by atoms with Crippen molar-refractivity contribution in [3.63, 3.8) is 0 Å². The highest BCUT2D eigenvalue weighted by molar-refractivity contribution is 6.46. The largest absolute Gasteiger partial charge is 0.352 e. The number of halogens is 3. The summed E-state index contributed by atoms with van der Waals surface area (Å²) in [5.41, 5.74) is 0.256. The van der Waals surface area contributed by atoms with Gasteiger partial charge in [-0.15, -0.1) is 0 Å². The molecule has 20 heavy (non-hydrogen) atoms. The molecular weight excluding hydrogens is 317 g/mol. The third-order valence-corrected chi connectivity index (χ3v) is 4.48. The molecule has 1 atom stereocenters.